The Bertz CT molecular complexity index is 3400. The molecule has 4 aromatic heterocycles. The third-order valence-electron chi connectivity index (χ3n) is 11.4. The van der Waals surface area contributed by atoms with Crippen molar-refractivity contribution in [1.82, 2.24) is 38.7 Å². The molecule has 6 aromatic carbocycles. The number of hydrogen-bond acceptors (Lipinski definition) is 6. The summed E-state index contributed by atoms with van der Waals surface area (Å²) in [6, 6.07) is 57.2. The number of aromatic nitrogens is 8. The van der Waals surface area contributed by atoms with Crippen molar-refractivity contribution in [2.24, 2.45) is 14.1 Å². The fourth-order valence-electron chi connectivity index (χ4n) is 7.86. The lowest BCUT2D eigenvalue weighted by atomic mass is 10.0. The van der Waals surface area contributed by atoms with Crippen LogP contribution in [-0.4, -0.2) is 38.7 Å². The molecule has 0 radical (unpaired) electrons. The molecule has 0 spiro atoms. The highest BCUT2D eigenvalue weighted by atomic mass is 35.5. The van der Waals surface area contributed by atoms with Crippen LogP contribution in [-0.2, 0) is 40.0 Å². The molecule has 0 amide bonds. The molecule has 64 heavy (non-hydrogen) atoms. The Balaban J connectivity index is 0.000000162. The molecule has 12 heteroatoms. The van der Waals surface area contributed by atoms with Gasteiger partial charge in [0.25, 0.3) is 11.1 Å². The zero-order valence-electron chi connectivity index (χ0n) is 35.2. The molecule has 0 saturated heterocycles. The van der Waals surface area contributed by atoms with Crippen LogP contribution in [0, 0.1) is 0 Å². The molecule has 0 bridgehead atoms. The third kappa shape index (κ3) is 8.74. The largest absolute Gasteiger partial charge is 0.329 e. The van der Waals surface area contributed by atoms with Gasteiger partial charge in [0, 0.05) is 26.9 Å². The number of hydrogen-bond donors (Lipinski definition) is 1. The maximum Gasteiger partial charge on any atom is 0.329 e. The normalized spacial score (nSPS) is 11.2. The van der Waals surface area contributed by atoms with E-state index < -0.39 is 5.69 Å². The van der Waals surface area contributed by atoms with Crippen LogP contribution in [0.2, 0.25) is 5.28 Å². The zero-order valence-corrected chi connectivity index (χ0v) is 36.0. The van der Waals surface area contributed by atoms with Crippen molar-refractivity contribution in [3.05, 3.63) is 240 Å². The molecule has 316 valence electrons. The van der Waals surface area contributed by atoms with Crippen LogP contribution in [0.25, 0.3) is 44.3 Å². The molecule has 10 aromatic rings. The van der Waals surface area contributed by atoms with Crippen LogP contribution in [0.4, 0.5) is 0 Å². The molecule has 0 unspecified atom stereocenters. The highest BCUT2D eigenvalue weighted by Crippen LogP contribution is 2.24. The Labute approximate surface area is 373 Å². The van der Waals surface area contributed by atoms with Crippen molar-refractivity contribution >= 4 is 33.7 Å². The first-order chi connectivity index (χ1) is 31.2. The van der Waals surface area contributed by atoms with E-state index in [9.17, 15) is 14.4 Å². The van der Waals surface area contributed by atoms with E-state index in [1.807, 2.05) is 106 Å². The van der Waals surface area contributed by atoms with Crippen molar-refractivity contribution in [2.75, 3.05) is 0 Å². The molecular weight excluding hydrogens is 820 g/mol. The Kier molecular flexibility index (Phi) is 11.8. The Morgan fingerprint density at radius 3 is 1.36 bits per heavy atom. The summed E-state index contributed by atoms with van der Waals surface area (Å²) in [6.45, 7) is 1.03. The van der Waals surface area contributed by atoms with Gasteiger partial charge in [-0.2, -0.15) is 15.2 Å². The van der Waals surface area contributed by atoms with E-state index in [4.69, 9.17) is 11.6 Å². The minimum Gasteiger partial charge on any atom is -0.290 e. The number of aromatic amines is 1. The predicted molar refractivity (Wildman–Crippen MR) is 254 cm³/mol. The zero-order chi connectivity index (χ0) is 44.2. The molecule has 0 aliphatic carbocycles. The van der Waals surface area contributed by atoms with Gasteiger partial charge >= 0.3 is 5.69 Å². The quantitative estimate of drug-likeness (QED) is 0.137. The van der Waals surface area contributed by atoms with E-state index in [0.29, 0.717) is 48.0 Å². The van der Waals surface area contributed by atoms with Gasteiger partial charge in [-0.15, -0.1) is 0 Å². The van der Waals surface area contributed by atoms with E-state index in [-0.39, 0.29) is 16.4 Å². The van der Waals surface area contributed by atoms with E-state index in [1.54, 1.807) is 7.05 Å². The number of halogens is 1. The predicted octanol–water partition coefficient (Wildman–Crippen LogP) is 8.82. The van der Waals surface area contributed by atoms with Crippen molar-refractivity contribution in [3.8, 4) is 22.3 Å². The minimum atomic E-state index is -0.467. The molecule has 0 atom stereocenters. The average molecular weight is 863 g/mol. The number of nitrogens with one attached hydrogen (secondary N) is 1. The molecular formula is C52H43ClN8O3. The molecule has 0 saturated carbocycles. The summed E-state index contributed by atoms with van der Waals surface area (Å²) >= 11 is 6.15. The van der Waals surface area contributed by atoms with E-state index >= 15 is 0 Å². The van der Waals surface area contributed by atoms with Crippen LogP contribution < -0.4 is 16.8 Å². The topological polar surface area (TPSA) is 125 Å². The monoisotopic (exact) mass is 862 g/mol. The van der Waals surface area contributed by atoms with Crippen molar-refractivity contribution in [1.29, 1.82) is 0 Å². The van der Waals surface area contributed by atoms with Crippen LogP contribution in [0.5, 0.6) is 0 Å². The van der Waals surface area contributed by atoms with Gasteiger partial charge in [0.1, 0.15) is 10.8 Å². The summed E-state index contributed by atoms with van der Waals surface area (Å²) in [5.74, 6) is 0. The fourth-order valence-corrected chi connectivity index (χ4v) is 8.02. The first-order valence-corrected chi connectivity index (χ1v) is 21.2. The van der Waals surface area contributed by atoms with Crippen molar-refractivity contribution in [2.45, 2.75) is 25.9 Å². The third-order valence-corrected chi connectivity index (χ3v) is 11.7. The molecule has 4 heterocycles. The lowest BCUT2D eigenvalue weighted by molar-refractivity contribution is 0.660. The Morgan fingerprint density at radius 1 is 0.469 bits per heavy atom. The van der Waals surface area contributed by atoms with E-state index in [1.165, 1.54) is 17.2 Å². The first kappa shape index (κ1) is 41.5. The van der Waals surface area contributed by atoms with Crippen LogP contribution in [0.15, 0.2) is 184 Å². The number of rotatable bonds is 10. The molecule has 10 rings (SSSR count). The summed E-state index contributed by atoms with van der Waals surface area (Å²) in [6.07, 6.45) is 1.12. The van der Waals surface area contributed by atoms with E-state index in [2.05, 4.69) is 93.0 Å². The number of benzene rings is 6. The van der Waals surface area contributed by atoms with Gasteiger partial charge in [0.2, 0.25) is 5.28 Å². The second-order valence-corrected chi connectivity index (χ2v) is 16.0. The lowest BCUT2D eigenvalue weighted by Gasteiger charge is -2.09. The second-order valence-electron chi connectivity index (χ2n) is 15.6. The molecule has 11 nitrogen and oxygen atoms in total. The van der Waals surface area contributed by atoms with Gasteiger partial charge in [-0.05, 0) is 56.1 Å². The first-order valence-electron chi connectivity index (χ1n) is 20.9. The highest BCUT2D eigenvalue weighted by Gasteiger charge is 2.20. The highest BCUT2D eigenvalue weighted by molar-refractivity contribution is 6.28. The Hall–Kier alpha value is -7.89. The smallest absolute Gasteiger partial charge is 0.290 e. The van der Waals surface area contributed by atoms with Crippen LogP contribution in [0.3, 0.4) is 0 Å². The van der Waals surface area contributed by atoms with Gasteiger partial charge in [-0.3, -0.25) is 33.1 Å². The summed E-state index contributed by atoms with van der Waals surface area (Å²) in [7, 11) is 3.11. The van der Waals surface area contributed by atoms with Crippen LogP contribution >= 0.6 is 11.6 Å². The number of H-pyrrole nitrogens is 1. The van der Waals surface area contributed by atoms with Crippen molar-refractivity contribution in [3.63, 3.8) is 0 Å². The second kappa shape index (κ2) is 18.2. The number of nitrogens with zero attached hydrogens (tertiary/aromatic N) is 7. The van der Waals surface area contributed by atoms with Crippen molar-refractivity contribution < 1.29 is 0 Å². The number of fused-ring (bicyclic) bond motifs is 2. The van der Waals surface area contributed by atoms with Gasteiger partial charge in [0.05, 0.1) is 24.5 Å². The SMILES string of the molecule is Cn1c(=O)[nH]c2nn(Cc3ccc(-c4ccccc4)cc3)c(Cc3ccccc3)c2c1=O.Cn1c(Cl)nc2nn(Cc3ccc(-c4ccccc4)cc3)c(Cc3ccccc3)c2c1=O. The maximum atomic E-state index is 13.0. The summed E-state index contributed by atoms with van der Waals surface area (Å²) in [5.41, 5.74) is 10.3. The van der Waals surface area contributed by atoms with E-state index in [0.717, 1.165) is 54.9 Å². The molecule has 0 aliphatic heterocycles. The maximum absolute atomic E-state index is 13.0. The Morgan fingerprint density at radius 2 is 0.875 bits per heavy atom. The van der Waals surface area contributed by atoms with Gasteiger partial charge < -0.3 is 0 Å². The van der Waals surface area contributed by atoms with Gasteiger partial charge in [0.15, 0.2) is 11.3 Å². The summed E-state index contributed by atoms with van der Waals surface area (Å²) in [5, 5.41) is 10.4. The van der Waals surface area contributed by atoms with Crippen LogP contribution in [0.1, 0.15) is 33.6 Å². The minimum absolute atomic E-state index is 0.130. The van der Waals surface area contributed by atoms with Gasteiger partial charge in [-0.1, -0.05) is 170 Å². The summed E-state index contributed by atoms with van der Waals surface area (Å²) < 4.78 is 6.16. The molecule has 0 aliphatic rings. The fraction of sp³-hybridized carbons (Fsp3) is 0.115. The lowest BCUT2D eigenvalue weighted by Crippen LogP contribution is -2.32. The van der Waals surface area contributed by atoms with Gasteiger partial charge in [-0.25, -0.2) is 4.79 Å². The molecule has 0 fully saturated rings. The standard InChI is InChI=1S/C26H21ClN4O.C26H22N4O2/c1-30-25(32)23-22(16-18-8-4-2-5-9-18)31(29-24(23)28-26(30)27)17-19-12-14-21(15-13-19)20-10-6-3-7-11-20;1-29-25(31)23-22(16-18-8-4-2-5-9-18)30(28-24(23)27-26(29)32)17-19-12-14-21(15-13-19)20-10-6-3-7-11-20/h2-15H,16-17H2,1H3;2-15H,16-17H2,1H3,(H,27,28,32). The summed E-state index contributed by atoms with van der Waals surface area (Å²) in [4.78, 5) is 45.1. The average Bonchev–Trinajstić information content (AvgIpc) is 3.84. The molecule has 1 N–H and O–H groups in total.